The lowest BCUT2D eigenvalue weighted by Gasteiger charge is -2.14. The quantitative estimate of drug-likeness (QED) is 0.833. The maximum Gasteiger partial charge on any atom is 0.129 e. The number of rotatable bonds is 3. The lowest BCUT2D eigenvalue weighted by molar-refractivity contribution is 0.243. The van der Waals surface area contributed by atoms with Gasteiger partial charge in [0.1, 0.15) is 12.1 Å². The number of halogens is 1. The molecule has 1 aromatic carbocycles. The van der Waals surface area contributed by atoms with E-state index >= 15 is 0 Å². The van der Waals surface area contributed by atoms with Gasteiger partial charge in [-0.2, -0.15) is 0 Å². The number of aromatic nitrogens is 2. The van der Waals surface area contributed by atoms with Crippen LogP contribution >= 0.6 is 11.6 Å². The van der Waals surface area contributed by atoms with E-state index in [9.17, 15) is 0 Å². The lowest BCUT2D eigenvalue weighted by atomic mass is 10.1. The molecule has 17 heavy (non-hydrogen) atoms. The van der Waals surface area contributed by atoms with Crippen LogP contribution in [0.1, 0.15) is 13.8 Å². The third-order valence-corrected chi connectivity index (χ3v) is 2.45. The summed E-state index contributed by atoms with van der Waals surface area (Å²) in [7, 11) is 0. The Morgan fingerprint density at radius 3 is 2.71 bits per heavy atom. The molecule has 0 unspecified atom stereocenters. The number of hydrogen-bond acceptors (Lipinski definition) is 3. The van der Waals surface area contributed by atoms with Crippen molar-refractivity contribution in [2.24, 2.45) is 0 Å². The molecule has 0 saturated heterocycles. The number of ether oxygens (including phenoxy) is 1. The van der Waals surface area contributed by atoms with Crippen LogP contribution in [-0.2, 0) is 0 Å². The number of nitrogens with zero attached hydrogens (tertiary/aromatic N) is 2. The molecule has 0 spiro atoms. The highest BCUT2D eigenvalue weighted by Gasteiger charge is 2.11. The summed E-state index contributed by atoms with van der Waals surface area (Å²) >= 11 is 6.09. The highest BCUT2D eigenvalue weighted by molar-refractivity contribution is 6.32. The van der Waals surface area contributed by atoms with Crippen molar-refractivity contribution >= 4 is 11.6 Å². The summed E-state index contributed by atoms with van der Waals surface area (Å²) in [6, 6.07) is 7.71. The van der Waals surface area contributed by atoms with E-state index in [1.54, 1.807) is 6.20 Å². The topological polar surface area (TPSA) is 35.0 Å². The zero-order valence-corrected chi connectivity index (χ0v) is 10.5. The molecule has 0 aliphatic carbocycles. The van der Waals surface area contributed by atoms with E-state index < -0.39 is 0 Å². The average molecular weight is 249 g/mol. The van der Waals surface area contributed by atoms with Gasteiger partial charge in [0.15, 0.2) is 0 Å². The minimum atomic E-state index is 0.108. The summed E-state index contributed by atoms with van der Waals surface area (Å²) in [5.41, 5.74) is 1.58. The van der Waals surface area contributed by atoms with E-state index in [0.717, 1.165) is 11.3 Å². The molecule has 1 aromatic heterocycles. The van der Waals surface area contributed by atoms with Gasteiger partial charge in [-0.3, -0.25) is 0 Å². The standard InChI is InChI=1S/C13H13ClN2O/c1-9(2)17-12-6-4-3-5-10(12)13-11(14)7-15-8-16-13/h3-9H,1-2H3. The molecule has 0 bridgehead atoms. The van der Waals surface area contributed by atoms with Gasteiger partial charge in [-0.05, 0) is 26.0 Å². The van der Waals surface area contributed by atoms with Crippen LogP contribution in [0.15, 0.2) is 36.8 Å². The first-order valence-electron chi connectivity index (χ1n) is 5.40. The highest BCUT2D eigenvalue weighted by atomic mass is 35.5. The van der Waals surface area contributed by atoms with Gasteiger partial charge in [-0.25, -0.2) is 9.97 Å². The maximum atomic E-state index is 6.09. The summed E-state index contributed by atoms with van der Waals surface area (Å²) in [5, 5.41) is 0.521. The minimum Gasteiger partial charge on any atom is -0.490 e. The summed E-state index contributed by atoms with van der Waals surface area (Å²) < 4.78 is 5.74. The fourth-order valence-corrected chi connectivity index (χ4v) is 1.74. The Hall–Kier alpha value is -1.61. The summed E-state index contributed by atoms with van der Waals surface area (Å²) in [5.74, 6) is 0.781. The Balaban J connectivity index is 2.48. The van der Waals surface area contributed by atoms with Crippen molar-refractivity contribution < 1.29 is 4.74 Å². The SMILES string of the molecule is CC(C)Oc1ccccc1-c1ncncc1Cl. The molecule has 2 aromatic rings. The van der Waals surface area contributed by atoms with E-state index in [-0.39, 0.29) is 6.10 Å². The molecule has 88 valence electrons. The van der Waals surface area contributed by atoms with Gasteiger partial charge in [-0.15, -0.1) is 0 Å². The van der Waals surface area contributed by atoms with Gasteiger partial charge < -0.3 is 4.74 Å². The van der Waals surface area contributed by atoms with Crippen molar-refractivity contribution in [3.63, 3.8) is 0 Å². The zero-order valence-electron chi connectivity index (χ0n) is 9.72. The molecule has 0 N–H and O–H groups in total. The van der Waals surface area contributed by atoms with Gasteiger partial charge >= 0.3 is 0 Å². The van der Waals surface area contributed by atoms with Crippen LogP contribution in [0.25, 0.3) is 11.3 Å². The second-order valence-electron chi connectivity index (χ2n) is 3.88. The van der Waals surface area contributed by atoms with Crippen molar-refractivity contribution in [3.05, 3.63) is 41.8 Å². The highest BCUT2D eigenvalue weighted by Crippen LogP contribution is 2.32. The molecule has 0 fully saturated rings. The number of hydrogen-bond donors (Lipinski definition) is 0. The normalized spacial score (nSPS) is 10.6. The Bertz CT molecular complexity index is 514. The van der Waals surface area contributed by atoms with E-state index in [2.05, 4.69) is 9.97 Å². The first kappa shape index (κ1) is 11.9. The fraction of sp³-hybridized carbons (Fsp3) is 0.231. The number of para-hydroxylation sites is 1. The van der Waals surface area contributed by atoms with Crippen LogP contribution in [-0.4, -0.2) is 16.1 Å². The third kappa shape index (κ3) is 2.74. The van der Waals surface area contributed by atoms with E-state index in [0.29, 0.717) is 10.7 Å². The predicted octanol–water partition coefficient (Wildman–Crippen LogP) is 3.58. The van der Waals surface area contributed by atoms with E-state index in [4.69, 9.17) is 16.3 Å². The largest absolute Gasteiger partial charge is 0.490 e. The fourth-order valence-electron chi connectivity index (χ4n) is 1.53. The van der Waals surface area contributed by atoms with E-state index in [1.807, 2.05) is 38.1 Å². The van der Waals surface area contributed by atoms with Crippen LogP contribution < -0.4 is 4.74 Å². The van der Waals surface area contributed by atoms with Crippen LogP contribution in [0.2, 0.25) is 5.02 Å². The molecule has 0 radical (unpaired) electrons. The molecule has 1 heterocycles. The predicted molar refractivity (Wildman–Crippen MR) is 68.2 cm³/mol. The number of benzene rings is 1. The third-order valence-electron chi connectivity index (χ3n) is 2.17. The summed E-state index contributed by atoms with van der Waals surface area (Å²) in [6.45, 7) is 3.97. The Morgan fingerprint density at radius 2 is 2.00 bits per heavy atom. The van der Waals surface area contributed by atoms with Crippen molar-refractivity contribution in [3.8, 4) is 17.0 Å². The second-order valence-corrected chi connectivity index (χ2v) is 4.29. The Labute approximate surface area is 105 Å². The molecular formula is C13H13ClN2O. The smallest absolute Gasteiger partial charge is 0.129 e. The molecule has 0 atom stereocenters. The van der Waals surface area contributed by atoms with Crippen LogP contribution in [0.4, 0.5) is 0 Å². The Kier molecular flexibility index (Phi) is 3.59. The minimum absolute atomic E-state index is 0.108. The van der Waals surface area contributed by atoms with Crippen molar-refractivity contribution in [2.45, 2.75) is 20.0 Å². The summed E-state index contributed by atoms with van der Waals surface area (Å²) in [4.78, 5) is 8.07. The van der Waals surface area contributed by atoms with Crippen molar-refractivity contribution in [1.29, 1.82) is 0 Å². The van der Waals surface area contributed by atoms with Crippen LogP contribution in [0, 0.1) is 0 Å². The maximum absolute atomic E-state index is 6.09. The van der Waals surface area contributed by atoms with Gasteiger partial charge in [0.25, 0.3) is 0 Å². The van der Waals surface area contributed by atoms with E-state index in [1.165, 1.54) is 6.33 Å². The van der Waals surface area contributed by atoms with Crippen molar-refractivity contribution in [1.82, 2.24) is 9.97 Å². The second kappa shape index (κ2) is 5.15. The first-order valence-corrected chi connectivity index (χ1v) is 5.78. The van der Waals surface area contributed by atoms with Gasteiger partial charge in [0.05, 0.1) is 16.8 Å². The monoisotopic (exact) mass is 248 g/mol. The molecule has 2 rings (SSSR count). The van der Waals surface area contributed by atoms with Gasteiger partial charge in [-0.1, -0.05) is 23.7 Å². The molecule has 0 saturated carbocycles. The molecule has 3 nitrogen and oxygen atoms in total. The first-order chi connectivity index (χ1) is 8.18. The van der Waals surface area contributed by atoms with Gasteiger partial charge in [0.2, 0.25) is 0 Å². The van der Waals surface area contributed by atoms with Crippen molar-refractivity contribution in [2.75, 3.05) is 0 Å². The lowest BCUT2D eigenvalue weighted by Crippen LogP contribution is -2.06. The zero-order chi connectivity index (χ0) is 12.3. The molecular weight excluding hydrogens is 236 g/mol. The molecule has 4 heteroatoms. The molecule has 0 aliphatic rings. The molecule has 0 amide bonds. The molecule has 0 aliphatic heterocycles. The van der Waals surface area contributed by atoms with Gasteiger partial charge in [0, 0.05) is 11.8 Å². The van der Waals surface area contributed by atoms with Crippen LogP contribution in [0.5, 0.6) is 5.75 Å². The average Bonchev–Trinajstić information content (AvgIpc) is 2.30. The summed E-state index contributed by atoms with van der Waals surface area (Å²) in [6.07, 6.45) is 3.17. The van der Waals surface area contributed by atoms with Crippen LogP contribution in [0.3, 0.4) is 0 Å². The Morgan fingerprint density at radius 1 is 1.24 bits per heavy atom.